The Balaban J connectivity index is 1.90. The highest BCUT2D eigenvalue weighted by molar-refractivity contribution is 6.34. The maximum atomic E-state index is 13.1. The monoisotopic (exact) mass is 518 g/mol. The van der Waals surface area contributed by atoms with E-state index in [1.54, 1.807) is 11.0 Å². The zero-order valence-electron chi connectivity index (χ0n) is 20.7. The molecule has 196 valence electrons. The van der Waals surface area contributed by atoms with E-state index in [1.165, 1.54) is 6.08 Å². The molecule has 2 aliphatic heterocycles. The van der Waals surface area contributed by atoms with Gasteiger partial charge in [-0.15, -0.1) is 0 Å². The first kappa shape index (κ1) is 27.6. The molecule has 1 aromatic carbocycles. The summed E-state index contributed by atoms with van der Waals surface area (Å²) >= 11 is 6.37. The molecule has 0 aliphatic carbocycles. The van der Waals surface area contributed by atoms with Crippen LogP contribution in [0, 0.1) is 0 Å². The van der Waals surface area contributed by atoms with Crippen LogP contribution in [-0.4, -0.2) is 52.8 Å². The highest BCUT2D eigenvalue weighted by Crippen LogP contribution is 2.38. The Kier molecular flexibility index (Phi) is 10.7. The zero-order chi connectivity index (χ0) is 25.9. The van der Waals surface area contributed by atoms with E-state index in [0.29, 0.717) is 18.5 Å². The molecule has 1 amide bonds. The van der Waals surface area contributed by atoms with Gasteiger partial charge in [-0.05, 0) is 50.7 Å². The summed E-state index contributed by atoms with van der Waals surface area (Å²) in [5.74, 6) is -1.68. The van der Waals surface area contributed by atoms with Crippen LogP contribution in [0.15, 0.2) is 36.1 Å². The summed E-state index contributed by atoms with van der Waals surface area (Å²) < 4.78 is 5.71. The number of nitrogens with zero attached hydrogens (tertiary/aromatic N) is 1. The number of rotatable bonds is 6. The van der Waals surface area contributed by atoms with Gasteiger partial charge in [0, 0.05) is 31.1 Å². The fourth-order valence-electron chi connectivity index (χ4n) is 4.21. The summed E-state index contributed by atoms with van der Waals surface area (Å²) in [6.07, 6.45) is 15.5. The van der Waals surface area contributed by atoms with E-state index in [0.717, 1.165) is 57.7 Å². The molecule has 0 aromatic heterocycles. The number of hydroxylamine groups is 1. The van der Waals surface area contributed by atoms with E-state index in [1.807, 2.05) is 25.2 Å². The smallest absolute Gasteiger partial charge is 0.342 e. The number of cyclic esters (lactones) is 1. The number of carbonyl (C=O) groups is 2. The Labute approximate surface area is 217 Å². The largest absolute Gasteiger partial charge is 0.507 e. The second-order valence-corrected chi connectivity index (χ2v) is 9.33. The molecule has 1 unspecified atom stereocenters. The number of nitrogens with one attached hydrogen (secondary N) is 1. The third-order valence-electron chi connectivity index (χ3n) is 6.11. The number of amides is 1. The predicted molar refractivity (Wildman–Crippen MR) is 139 cm³/mol. The molecule has 36 heavy (non-hydrogen) atoms. The fraction of sp³-hybridized carbons (Fsp3) is 0.481. The molecular weight excluding hydrogens is 484 g/mol. The lowest BCUT2D eigenvalue weighted by Gasteiger charge is -2.26. The van der Waals surface area contributed by atoms with Crippen molar-refractivity contribution in [1.82, 2.24) is 10.4 Å². The molecule has 3 rings (SSSR count). The molecule has 2 aliphatic rings. The second kappa shape index (κ2) is 13.9. The number of ether oxygens (including phenoxy) is 1. The number of hydrogen-bond donors (Lipinski definition) is 3. The average molecular weight is 519 g/mol. The predicted octanol–water partition coefficient (Wildman–Crippen LogP) is 5.25. The molecule has 2 heterocycles. The minimum absolute atomic E-state index is 0.0834. The molecular formula is C27H35ClN2O6. The Hall–Kier alpha value is -2.97. The summed E-state index contributed by atoms with van der Waals surface area (Å²) in [6.45, 7) is 3.28. The number of benzene rings is 1. The molecule has 0 bridgehead atoms. The van der Waals surface area contributed by atoms with E-state index in [2.05, 4.69) is 5.48 Å². The number of piperidine rings is 1. The van der Waals surface area contributed by atoms with Crippen LogP contribution in [0.25, 0.3) is 6.08 Å². The number of hydrogen-bond acceptors (Lipinski definition) is 7. The van der Waals surface area contributed by atoms with Crippen LogP contribution >= 0.6 is 11.6 Å². The minimum Gasteiger partial charge on any atom is -0.507 e. The van der Waals surface area contributed by atoms with Crippen molar-refractivity contribution in [1.29, 1.82) is 0 Å². The lowest BCUT2D eigenvalue weighted by Crippen LogP contribution is -2.39. The quantitative estimate of drug-likeness (QED) is 0.268. The van der Waals surface area contributed by atoms with Gasteiger partial charge in [0.1, 0.15) is 23.2 Å². The van der Waals surface area contributed by atoms with Crippen molar-refractivity contribution in [2.45, 2.75) is 64.4 Å². The Morgan fingerprint density at radius 2 is 1.92 bits per heavy atom. The van der Waals surface area contributed by atoms with Crippen molar-refractivity contribution in [3.8, 4) is 11.5 Å². The Bertz CT molecular complexity index is 1010. The van der Waals surface area contributed by atoms with Crippen molar-refractivity contribution in [2.24, 2.45) is 0 Å². The van der Waals surface area contributed by atoms with Gasteiger partial charge in [0.2, 0.25) is 0 Å². The molecule has 0 radical (unpaired) electrons. The van der Waals surface area contributed by atoms with Crippen LogP contribution in [0.1, 0.15) is 74.2 Å². The number of fused-ring (bicyclic) bond motifs is 1. The van der Waals surface area contributed by atoms with Crippen molar-refractivity contribution >= 4 is 29.6 Å². The number of phenolic OH excluding ortho intramolecular Hbond substituents is 2. The highest BCUT2D eigenvalue weighted by atomic mass is 35.5. The molecule has 1 aromatic rings. The van der Waals surface area contributed by atoms with Crippen molar-refractivity contribution < 1.29 is 29.4 Å². The molecule has 1 fully saturated rings. The van der Waals surface area contributed by atoms with Crippen LogP contribution in [0.5, 0.6) is 11.5 Å². The average Bonchev–Trinajstić information content (AvgIpc) is 2.86. The Morgan fingerprint density at radius 3 is 2.67 bits per heavy atom. The number of likely N-dealkylation sites (tertiary alicyclic amines) is 1. The lowest BCUT2D eigenvalue weighted by atomic mass is 10.0. The zero-order valence-corrected chi connectivity index (χ0v) is 21.4. The van der Waals surface area contributed by atoms with Gasteiger partial charge in [-0.2, -0.15) is 0 Å². The lowest BCUT2D eigenvalue weighted by molar-refractivity contribution is -0.139. The molecule has 3 N–H and O–H groups in total. The number of esters is 1. The van der Waals surface area contributed by atoms with Gasteiger partial charge in [-0.1, -0.05) is 43.2 Å². The van der Waals surface area contributed by atoms with Crippen molar-refractivity contribution in [2.75, 3.05) is 19.7 Å². The molecule has 1 saturated heterocycles. The summed E-state index contributed by atoms with van der Waals surface area (Å²) in [6, 6.07) is 1.02. The number of carbonyl (C=O) groups excluding carboxylic acids is 2. The first-order valence-corrected chi connectivity index (χ1v) is 12.9. The standard InChI is InChI=1S/C27H35ClN2O6/c1-2-11-20-13-8-5-3-4-7-12-19(29-35-18-24(33)30-14-9-6-10-15-30)16-21-25(27(34)36-20)22(31)17-23(32)26(21)28/h5,7-8,12,16-17,20,29,31-32H,2-4,6,9-11,13-15,18H2,1H3/b8-5?,12-7+,19-16-. The van der Waals surface area contributed by atoms with Crippen LogP contribution in [0.4, 0.5) is 0 Å². The highest BCUT2D eigenvalue weighted by Gasteiger charge is 2.25. The van der Waals surface area contributed by atoms with Crippen LogP contribution in [-0.2, 0) is 14.4 Å². The summed E-state index contributed by atoms with van der Waals surface area (Å²) in [7, 11) is 0. The van der Waals surface area contributed by atoms with Gasteiger partial charge in [-0.3, -0.25) is 15.1 Å². The first-order chi connectivity index (χ1) is 17.4. The summed E-state index contributed by atoms with van der Waals surface area (Å²) in [5.41, 5.74) is 3.07. The maximum absolute atomic E-state index is 13.1. The van der Waals surface area contributed by atoms with E-state index >= 15 is 0 Å². The number of allylic oxidation sites excluding steroid dienone is 3. The van der Waals surface area contributed by atoms with Gasteiger partial charge in [0.25, 0.3) is 5.91 Å². The van der Waals surface area contributed by atoms with Gasteiger partial charge in [-0.25, -0.2) is 4.79 Å². The number of halogens is 1. The first-order valence-electron chi connectivity index (χ1n) is 12.5. The molecule has 1 atom stereocenters. The van der Waals surface area contributed by atoms with Crippen molar-refractivity contribution in [3.05, 3.63) is 52.2 Å². The summed E-state index contributed by atoms with van der Waals surface area (Å²) in [5, 5.41) is 20.7. The van der Waals surface area contributed by atoms with E-state index in [4.69, 9.17) is 21.2 Å². The number of aromatic hydroxyl groups is 2. The summed E-state index contributed by atoms with van der Waals surface area (Å²) in [4.78, 5) is 32.9. The van der Waals surface area contributed by atoms with Gasteiger partial charge < -0.3 is 19.8 Å². The van der Waals surface area contributed by atoms with Crippen LogP contribution in [0.3, 0.4) is 0 Å². The number of phenols is 2. The third-order valence-corrected chi connectivity index (χ3v) is 6.50. The SMILES string of the molecule is CCCC1CC=CCC/C=C/C(NOCC(=O)N2CCCCC2)=C/c2c(Cl)c(O)cc(O)c2C(=O)O1. The van der Waals surface area contributed by atoms with Crippen LogP contribution in [0.2, 0.25) is 5.02 Å². The molecule has 9 heteroatoms. The minimum atomic E-state index is -0.742. The van der Waals surface area contributed by atoms with E-state index in [-0.39, 0.29) is 40.5 Å². The van der Waals surface area contributed by atoms with Crippen molar-refractivity contribution in [3.63, 3.8) is 0 Å². The third kappa shape index (κ3) is 7.77. The van der Waals surface area contributed by atoms with Gasteiger partial charge >= 0.3 is 5.97 Å². The molecule has 0 saturated carbocycles. The van der Waals surface area contributed by atoms with E-state index in [9.17, 15) is 19.8 Å². The van der Waals surface area contributed by atoms with Gasteiger partial charge in [0.05, 0.1) is 10.7 Å². The molecule has 0 spiro atoms. The van der Waals surface area contributed by atoms with E-state index < -0.39 is 11.7 Å². The second-order valence-electron chi connectivity index (χ2n) is 8.95. The Morgan fingerprint density at radius 1 is 1.17 bits per heavy atom. The topological polar surface area (TPSA) is 108 Å². The fourth-order valence-corrected chi connectivity index (χ4v) is 4.41. The maximum Gasteiger partial charge on any atom is 0.342 e. The molecule has 8 nitrogen and oxygen atoms in total. The normalized spacial score (nSPS) is 21.5. The van der Waals surface area contributed by atoms with Gasteiger partial charge in [0.15, 0.2) is 6.61 Å². The van der Waals surface area contributed by atoms with Crippen LogP contribution < -0.4 is 5.48 Å².